The number of Topliss-reactive ketones (excluding diaryl/α,β-unsaturated/α-hetero) is 1. The van der Waals surface area contributed by atoms with Crippen molar-refractivity contribution in [3.63, 3.8) is 0 Å². The third-order valence-electron chi connectivity index (χ3n) is 1.91. The van der Waals surface area contributed by atoms with E-state index >= 15 is 0 Å². The summed E-state index contributed by atoms with van der Waals surface area (Å²) < 4.78 is 5.02. The molecule has 1 aliphatic carbocycles. The summed E-state index contributed by atoms with van der Waals surface area (Å²) in [7, 11) is 0. The first kappa shape index (κ1) is 11.0. The SMILES string of the molecule is O=C1CCCc2ccoc21.O=CCCl. The predicted octanol–water partition coefficient (Wildman–Crippen LogP) is 2.22. The van der Waals surface area contributed by atoms with E-state index in [2.05, 4.69) is 0 Å². The largest absolute Gasteiger partial charge is 0.461 e. The lowest BCUT2D eigenvalue weighted by molar-refractivity contribution is -0.105. The van der Waals surface area contributed by atoms with Crippen LogP contribution in [0.5, 0.6) is 0 Å². The molecule has 1 aliphatic rings. The molecule has 14 heavy (non-hydrogen) atoms. The van der Waals surface area contributed by atoms with Crippen molar-refractivity contribution in [3.8, 4) is 0 Å². The number of aryl methyl sites for hydroxylation is 1. The van der Waals surface area contributed by atoms with Crippen molar-refractivity contribution in [2.75, 3.05) is 5.88 Å². The third kappa shape index (κ3) is 2.70. The summed E-state index contributed by atoms with van der Waals surface area (Å²) in [6.07, 6.45) is 4.86. The minimum Gasteiger partial charge on any atom is -0.461 e. The van der Waals surface area contributed by atoms with Gasteiger partial charge in [-0.15, -0.1) is 11.6 Å². The molecule has 0 unspecified atom stereocenters. The van der Waals surface area contributed by atoms with Crippen LogP contribution in [0.15, 0.2) is 16.7 Å². The van der Waals surface area contributed by atoms with Gasteiger partial charge in [-0.05, 0) is 18.9 Å². The summed E-state index contributed by atoms with van der Waals surface area (Å²) >= 11 is 4.82. The normalized spacial score (nSPS) is 13.9. The van der Waals surface area contributed by atoms with Crippen molar-refractivity contribution in [2.45, 2.75) is 19.3 Å². The first-order chi connectivity index (χ1) is 6.79. The van der Waals surface area contributed by atoms with E-state index in [1.54, 1.807) is 6.26 Å². The van der Waals surface area contributed by atoms with Crippen LogP contribution in [0.1, 0.15) is 29.0 Å². The number of rotatable bonds is 1. The van der Waals surface area contributed by atoms with Gasteiger partial charge in [0.25, 0.3) is 0 Å². The van der Waals surface area contributed by atoms with Gasteiger partial charge in [-0.25, -0.2) is 0 Å². The Bertz CT molecular complexity index is 317. The van der Waals surface area contributed by atoms with Crippen molar-refractivity contribution in [1.29, 1.82) is 0 Å². The van der Waals surface area contributed by atoms with Crippen LogP contribution in [0, 0.1) is 0 Å². The van der Waals surface area contributed by atoms with Gasteiger partial charge >= 0.3 is 0 Å². The third-order valence-corrected chi connectivity index (χ3v) is 2.04. The lowest BCUT2D eigenvalue weighted by Crippen LogP contribution is -2.07. The summed E-state index contributed by atoms with van der Waals surface area (Å²) in [5.41, 5.74) is 1.08. The zero-order valence-electron chi connectivity index (χ0n) is 7.66. The quantitative estimate of drug-likeness (QED) is 0.532. The molecule has 0 radical (unpaired) electrons. The van der Waals surface area contributed by atoms with Crippen LogP contribution in [0.2, 0.25) is 0 Å². The van der Waals surface area contributed by atoms with Gasteiger partial charge in [0.15, 0.2) is 11.5 Å². The van der Waals surface area contributed by atoms with Gasteiger partial charge in [0, 0.05) is 12.0 Å². The van der Waals surface area contributed by atoms with E-state index in [1.807, 2.05) is 6.07 Å². The van der Waals surface area contributed by atoms with Crippen molar-refractivity contribution in [2.24, 2.45) is 0 Å². The molecule has 1 aromatic rings. The Labute approximate surface area is 87.0 Å². The lowest BCUT2D eigenvalue weighted by atomic mass is 9.98. The van der Waals surface area contributed by atoms with Gasteiger partial charge < -0.3 is 9.21 Å². The molecule has 0 atom stereocenters. The molecule has 1 aromatic heterocycles. The fourth-order valence-corrected chi connectivity index (χ4v) is 1.33. The Morgan fingerprint density at radius 3 is 2.79 bits per heavy atom. The summed E-state index contributed by atoms with van der Waals surface area (Å²) in [6.45, 7) is 0. The average molecular weight is 215 g/mol. The molecule has 3 nitrogen and oxygen atoms in total. The Morgan fingerprint density at radius 2 is 2.21 bits per heavy atom. The standard InChI is InChI=1S/C8H8O2.C2H3ClO/c9-7-3-1-2-6-4-5-10-8(6)7;3-1-2-4/h4-5H,1-3H2;2H,1H2. The Balaban J connectivity index is 0.000000213. The van der Waals surface area contributed by atoms with Gasteiger partial charge in [0.05, 0.1) is 12.1 Å². The van der Waals surface area contributed by atoms with Crippen molar-refractivity contribution >= 4 is 23.7 Å². The molecule has 0 saturated heterocycles. The molecule has 0 spiro atoms. The number of carbonyl (C=O) groups is 2. The lowest BCUT2D eigenvalue weighted by Gasteiger charge is -2.06. The number of furan rings is 1. The maximum absolute atomic E-state index is 11.1. The van der Waals surface area contributed by atoms with Crippen LogP contribution in [-0.2, 0) is 11.2 Å². The van der Waals surface area contributed by atoms with Crippen LogP contribution < -0.4 is 0 Å². The maximum atomic E-state index is 11.1. The second kappa shape index (κ2) is 5.60. The van der Waals surface area contributed by atoms with E-state index in [-0.39, 0.29) is 11.7 Å². The first-order valence-corrected chi connectivity index (χ1v) is 4.92. The molecule has 0 aromatic carbocycles. The minimum atomic E-state index is 0.111. The smallest absolute Gasteiger partial charge is 0.198 e. The van der Waals surface area contributed by atoms with E-state index in [0.29, 0.717) is 18.5 Å². The average Bonchev–Trinajstić information content (AvgIpc) is 2.68. The molecule has 1 heterocycles. The summed E-state index contributed by atoms with van der Waals surface area (Å²) in [5.74, 6) is 0.859. The number of ketones is 1. The highest BCUT2D eigenvalue weighted by molar-refractivity contribution is 6.24. The summed E-state index contributed by atoms with van der Waals surface area (Å²) in [4.78, 5) is 20.1. The zero-order valence-corrected chi connectivity index (χ0v) is 8.42. The molecule has 0 aliphatic heterocycles. The number of carbonyl (C=O) groups excluding carboxylic acids is 2. The second-order valence-electron chi connectivity index (χ2n) is 2.87. The van der Waals surface area contributed by atoms with Gasteiger partial charge in [-0.2, -0.15) is 0 Å². The molecule has 0 amide bonds. The summed E-state index contributed by atoms with van der Waals surface area (Å²) in [5, 5.41) is 0. The van der Waals surface area contributed by atoms with E-state index in [4.69, 9.17) is 20.8 Å². The Kier molecular flexibility index (Phi) is 4.40. The Hall–Kier alpha value is -1.09. The molecular weight excluding hydrogens is 204 g/mol. The van der Waals surface area contributed by atoms with E-state index in [9.17, 15) is 4.79 Å². The monoisotopic (exact) mass is 214 g/mol. The number of aldehydes is 1. The second-order valence-corrected chi connectivity index (χ2v) is 3.18. The first-order valence-electron chi connectivity index (χ1n) is 4.38. The van der Waals surface area contributed by atoms with E-state index < -0.39 is 0 Å². The van der Waals surface area contributed by atoms with E-state index in [1.165, 1.54) is 0 Å². The molecule has 0 N–H and O–H groups in total. The van der Waals surface area contributed by atoms with Gasteiger partial charge in [-0.1, -0.05) is 0 Å². The predicted molar refractivity (Wildman–Crippen MR) is 52.8 cm³/mol. The fraction of sp³-hybridized carbons (Fsp3) is 0.400. The van der Waals surface area contributed by atoms with Gasteiger partial charge in [-0.3, -0.25) is 4.79 Å². The van der Waals surface area contributed by atoms with Gasteiger partial charge in [0.2, 0.25) is 0 Å². The van der Waals surface area contributed by atoms with Crippen LogP contribution in [-0.4, -0.2) is 17.9 Å². The van der Waals surface area contributed by atoms with Crippen molar-refractivity contribution < 1.29 is 14.0 Å². The topological polar surface area (TPSA) is 47.3 Å². The van der Waals surface area contributed by atoms with Crippen LogP contribution in [0.25, 0.3) is 0 Å². The molecular formula is C10H11ClO3. The molecule has 4 heteroatoms. The van der Waals surface area contributed by atoms with Crippen LogP contribution in [0.3, 0.4) is 0 Å². The van der Waals surface area contributed by atoms with E-state index in [0.717, 1.165) is 18.4 Å². The van der Waals surface area contributed by atoms with Crippen LogP contribution >= 0.6 is 11.6 Å². The molecule has 0 saturated carbocycles. The zero-order chi connectivity index (χ0) is 10.4. The van der Waals surface area contributed by atoms with Crippen molar-refractivity contribution in [1.82, 2.24) is 0 Å². The van der Waals surface area contributed by atoms with Crippen molar-refractivity contribution in [3.05, 3.63) is 23.7 Å². The van der Waals surface area contributed by atoms with Gasteiger partial charge in [0.1, 0.15) is 6.29 Å². The fourth-order valence-electron chi connectivity index (χ4n) is 1.33. The molecule has 0 fully saturated rings. The maximum Gasteiger partial charge on any atom is 0.198 e. The molecule has 76 valence electrons. The molecule has 0 bridgehead atoms. The highest BCUT2D eigenvalue weighted by Gasteiger charge is 2.19. The number of fused-ring (bicyclic) bond motifs is 1. The highest BCUT2D eigenvalue weighted by Crippen LogP contribution is 2.21. The number of halogens is 1. The van der Waals surface area contributed by atoms with Crippen LogP contribution in [0.4, 0.5) is 0 Å². The summed E-state index contributed by atoms with van der Waals surface area (Å²) in [6, 6.07) is 1.88. The minimum absolute atomic E-state index is 0.111. The molecule has 2 rings (SSSR count). The highest BCUT2D eigenvalue weighted by atomic mass is 35.5. The number of hydrogen-bond donors (Lipinski definition) is 0. The number of alkyl halides is 1. The Morgan fingerprint density at radius 1 is 1.50 bits per heavy atom. The number of hydrogen-bond acceptors (Lipinski definition) is 3.